The molecule has 0 spiro atoms. The number of nitrogens with zero attached hydrogens (tertiary/aromatic N) is 2. The monoisotopic (exact) mass is 438 g/mol. The first kappa shape index (κ1) is 22.9. The van der Waals surface area contributed by atoms with Gasteiger partial charge in [0.15, 0.2) is 5.16 Å². The van der Waals surface area contributed by atoms with Gasteiger partial charge in [0.1, 0.15) is 0 Å². The van der Waals surface area contributed by atoms with E-state index in [1.165, 1.54) is 37.9 Å². The van der Waals surface area contributed by atoms with Crippen molar-refractivity contribution < 1.29 is 9.59 Å². The van der Waals surface area contributed by atoms with Crippen molar-refractivity contribution in [2.24, 2.45) is 0 Å². The maximum absolute atomic E-state index is 12.8. The van der Waals surface area contributed by atoms with Gasteiger partial charge in [-0.2, -0.15) is 0 Å². The van der Waals surface area contributed by atoms with Crippen LogP contribution in [-0.2, 0) is 16.1 Å². The molecule has 3 rings (SSSR count). The third-order valence-electron chi connectivity index (χ3n) is 4.98. The zero-order valence-corrected chi connectivity index (χ0v) is 19.2. The van der Waals surface area contributed by atoms with E-state index in [1.807, 2.05) is 25.1 Å². The van der Waals surface area contributed by atoms with Crippen LogP contribution in [0.15, 0.2) is 53.7 Å². The Labute approximate surface area is 187 Å². The van der Waals surface area contributed by atoms with Crippen molar-refractivity contribution in [2.75, 3.05) is 10.6 Å². The van der Waals surface area contributed by atoms with Gasteiger partial charge in [0.2, 0.25) is 11.8 Å². The molecule has 1 atom stereocenters. The minimum Gasteiger partial charge on any atom is -0.326 e. The van der Waals surface area contributed by atoms with E-state index in [2.05, 4.69) is 28.2 Å². The van der Waals surface area contributed by atoms with Crippen molar-refractivity contribution in [2.45, 2.75) is 63.4 Å². The highest BCUT2D eigenvalue weighted by molar-refractivity contribution is 8.00. The molecule has 7 heteroatoms. The van der Waals surface area contributed by atoms with Crippen molar-refractivity contribution in [3.05, 3.63) is 48.5 Å². The van der Waals surface area contributed by atoms with Crippen molar-refractivity contribution in [3.8, 4) is 0 Å². The van der Waals surface area contributed by atoms with E-state index in [-0.39, 0.29) is 17.1 Å². The lowest BCUT2D eigenvalue weighted by atomic mass is 10.2. The van der Waals surface area contributed by atoms with Crippen LogP contribution < -0.4 is 10.6 Å². The number of aryl methyl sites for hydroxylation is 1. The number of amides is 2. The Balaban J connectivity index is 1.67. The van der Waals surface area contributed by atoms with E-state index >= 15 is 0 Å². The van der Waals surface area contributed by atoms with Crippen LogP contribution in [0.4, 0.5) is 11.4 Å². The molecule has 2 amide bonds. The fourth-order valence-electron chi connectivity index (χ4n) is 3.35. The second-order valence-electron chi connectivity index (χ2n) is 7.60. The fourth-order valence-corrected chi connectivity index (χ4v) is 4.30. The number of unbranched alkanes of at least 4 members (excludes halogenated alkanes) is 3. The third kappa shape index (κ3) is 6.34. The van der Waals surface area contributed by atoms with Gasteiger partial charge in [-0.05, 0) is 49.7 Å². The van der Waals surface area contributed by atoms with Gasteiger partial charge in [-0.1, -0.05) is 50.1 Å². The molecule has 0 aliphatic carbocycles. The van der Waals surface area contributed by atoms with Gasteiger partial charge in [-0.3, -0.25) is 9.59 Å². The predicted molar refractivity (Wildman–Crippen MR) is 129 cm³/mol. The van der Waals surface area contributed by atoms with E-state index in [1.54, 1.807) is 24.3 Å². The molecular formula is C24H30N4O2S. The molecule has 31 heavy (non-hydrogen) atoms. The lowest BCUT2D eigenvalue weighted by Gasteiger charge is -2.14. The summed E-state index contributed by atoms with van der Waals surface area (Å²) in [5, 5.41) is 6.24. The summed E-state index contributed by atoms with van der Waals surface area (Å²) in [5.41, 5.74) is 3.47. The van der Waals surface area contributed by atoms with Gasteiger partial charge >= 0.3 is 0 Å². The zero-order chi connectivity index (χ0) is 22.2. The number of carbonyl (C=O) groups is 2. The van der Waals surface area contributed by atoms with Crippen molar-refractivity contribution in [3.63, 3.8) is 0 Å². The lowest BCUT2D eigenvalue weighted by molar-refractivity contribution is -0.115. The normalized spacial score (nSPS) is 12.0. The molecule has 164 valence electrons. The molecule has 2 aromatic carbocycles. The van der Waals surface area contributed by atoms with Crippen LogP contribution in [0, 0.1) is 0 Å². The first-order chi connectivity index (χ1) is 15.0. The van der Waals surface area contributed by atoms with Gasteiger partial charge < -0.3 is 15.2 Å². The van der Waals surface area contributed by atoms with E-state index in [4.69, 9.17) is 4.98 Å². The Morgan fingerprint density at radius 1 is 1.00 bits per heavy atom. The van der Waals surface area contributed by atoms with E-state index in [0.717, 1.165) is 29.2 Å². The van der Waals surface area contributed by atoms with E-state index in [9.17, 15) is 9.59 Å². The highest BCUT2D eigenvalue weighted by Crippen LogP contribution is 2.28. The summed E-state index contributed by atoms with van der Waals surface area (Å²) in [6.45, 7) is 6.47. The molecule has 0 saturated carbocycles. The Morgan fingerprint density at radius 2 is 1.68 bits per heavy atom. The molecule has 2 N–H and O–H groups in total. The highest BCUT2D eigenvalue weighted by atomic mass is 32.2. The Kier molecular flexibility index (Phi) is 8.12. The molecule has 0 aliphatic rings. The molecule has 1 heterocycles. The smallest absolute Gasteiger partial charge is 0.237 e. The average Bonchev–Trinajstić information content (AvgIpc) is 3.09. The number of imidazole rings is 1. The molecule has 3 aromatic rings. The number of hydrogen-bond donors (Lipinski definition) is 2. The molecule has 0 bridgehead atoms. The van der Waals surface area contributed by atoms with Crippen molar-refractivity contribution in [1.29, 1.82) is 0 Å². The SMILES string of the molecule is CCCCCCn1c(SC(C)C(=O)Nc2ccc(NC(C)=O)cc2)nc2ccccc21. The number of hydrogen-bond acceptors (Lipinski definition) is 4. The summed E-state index contributed by atoms with van der Waals surface area (Å²) in [6.07, 6.45) is 4.73. The molecule has 6 nitrogen and oxygen atoms in total. The zero-order valence-electron chi connectivity index (χ0n) is 18.4. The molecule has 0 fully saturated rings. The minimum absolute atomic E-state index is 0.0816. The summed E-state index contributed by atoms with van der Waals surface area (Å²) >= 11 is 1.48. The predicted octanol–water partition coefficient (Wildman–Crippen LogP) is 5.69. The summed E-state index contributed by atoms with van der Waals surface area (Å²) in [7, 11) is 0. The standard InChI is InChI=1S/C24H30N4O2S/c1-4-5-6-9-16-28-22-11-8-7-10-21(22)27-24(28)31-17(2)23(30)26-20-14-12-19(13-15-20)25-18(3)29/h7-8,10-15,17H,4-6,9,16H2,1-3H3,(H,25,29)(H,26,30). The topological polar surface area (TPSA) is 76.0 Å². The number of benzene rings is 2. The number of rotatable bonds is 10. The summed E-state index contributed by atoms with van der Waals surface area (Å²) in [4.78, 5) is 28.7. The van der Waals surface area contributed by atoms with Crippen LogP contribution in [0.2, 0.25) is 0 Å². The van der Waals surface area contributed by atoms with Crippen LogP contribution in [0.25, 0.3) is 11.0 Å². The van der Waals surface area contributed by atoms with Crippen LogP contribution in [-0.4, -0.2) is 26.6 Å². The third-order valence-corrected chi connectivity index (χ3v) is 6.07. The van der Waals surface area contributed by atoms with Gasteiger partial charge in [0.05, 0.1) is 16.3 Å². The first-order valence-electron chi connectivity index (χ1n) is 10.8. The molecule has 0 saturated heterocycles. The highest BCUT2D eigenvalue weighted by Gasteiger charge is 2.19. The number of aromatic nitrogens is 2. The van der Waals surface area contributed by atoms with Gasteiger partial charge in [-0.25, -0.2) is 4.98 Å². The molecule has 0 aliphatic heterocycles. The summed E-state index contributed by atoms with van der Waals surface area (Å²) in [6, 6.07) is 15.2. The average molecular weight is 439 g/mol. The largest absolute Gasteiger partial charge is 0.326 e. The molecular weight excluding hydrogens is 408 g/mol. The summed E-state index contributed by atoms with van der Waals surface area (Å²) in [5.74, 6) is -0.207. The Hall–Kier alpha value is -2.80. The van der Waals surface area contributed by atoms with Crippen LogP contribution in [0.1, 0.15) is 46.5 Å². The van der Waals surface area contributed by atoms with Crippen LogP contribution in [0.5, 0.6) is 0 Å². The fraction of sp³-hybridized carbons (Fsp3) is 0.375. The van der Waals surface area contributed by atoms with Gasteiger partial charge in [0.25, 0.3) is 0 Å². The van der Waals surface area contributed by atoms with Crippen LogP contribution >= 0.6 is 11.8 Å². The Morgan fingerprint density at radius 3 is 2.35 bits per heavy atom. The molecule has 0 radical (unpaired) electrons. The van der Waals surface area contributed by atoms with Crippen molar-refractivity contribution >= 4 is 46.0 Å². The summed E-state index contributed by atoms with van der Waals surface area (Å²) < 4.78 is 2.24. The quantitative estimate of drug-likeness (QED) is 0.315. The van der Waals surface area contributed by atoms with Gasteiger partial charge in [-0.15, -0.1) is 0 Å². The number of nitrogens with one attached hydrogen (secondary N) is 2. The van der Waals surface area contributed by atoms with Crippen molar-refractivity contribution in [1.82, 2.24) is 9.55 Å². The second-order valence-corrected chi connectivity index (χ2v) is 8.91. The molecule has 1 unspecified atom stereocenters. The minimum atomic E-state index is -0.304. The number of fused-ring (bicyclic) bond motifs is 1. The number of para-hydroxylation sites is 2. The first-order valence-corrected chi connectivity index (χ1v) is 11.7. The maximum Gasteiger partial charge on any atom is 0.237 e. The number of carbonyl (C=O) groups excluding carboxylic acids is 2. The van der Waals surface area contributed by atoms with Gasteiger partial charge in [0, 0.05) is 24.8 Å². The Bertz CT molecular complexity index is 1030. The van der Waals surface area contributed by atoms with E-state index < -0.39 is 0 Å². The van der Waals surface area contributed by atoms with E-state index in [0.29, 0.717) is 11.4 Å². The maximum atomic E-state index is 12.8. The lowest BCUT2D eigenvalue weighted by Crippen LogP contribution is -2.23. The van der Waals surface area contributed by atoms with Crippen LogP contribution in [0.3, 0.4) is 0 Å². The second kappa shape index (κ2) is 11.0. The number of thioether (sulfide) groups is 1. The molecule has 1 aromatic heterocycles. The number of anilines is 2.